The number of hydrogen-bond donors (Lipinski definition) is 2. The number of hydrogen-bond acceptors (Lipinski definition) is 5. The Bertz CT molecular complexity index is 987. The fraction of sp³-hybridized carbons (Fsp3) is 0.435. The predicted octanol–water partition coefficient (Wildman–Crippen LogP) is 3.84. The van der Waals surface area contributed by atoms with Crippen molar-refractivity contribution in [1.29, 1.82) is 0 Å². The van der Waals surface area contributed by atoms with Gasteiger partial charge in [-0.05, 0) is 49.9 Å². The molecule has 32 heavy (non-hydrogen) atoms. The zero-order valence-corrected chi connectivity index (χ0v) is 19.1. The van der Waals surface area contributed by atoms with Crippen LogP contribution in [0.15, 0.2) is 36.5 Å². The van der Waals surface area contributed by atoms with Gasteiger partial charge in [0.2, 0.25) is 5.91 Å². The number of rotatable bonds is 4. The van der Waals surface area contributed by atoms with Crippen molar-refractivity contribution in [2.45, 2.75) is 31.8 Å². The smallest absolute Gasteiger partial charge is 0.255 e. The van der Waals surface area contributed by atoms with Gasteiger partial charge in [-0.2, -0.15) is 0 Å². The predicted molar refractivity (Wildman–Crippen MR) is 125 cm³/mol. The first-order valence-corrected chi connectivity index (χ1v) is 11.6. The number of halogens is 2. The lowest BCUT2D eigenvalue weighted by Crippen LogP contribution is -2.46. The van der Waals surface area contributed by atoms with E-state index in [1.54, 1.807) is 36.5 Å². The molecule has 4 rings (SSSR count). The van der Waals surface area contributed by atoms with E-state index in [4.69, 9.17) is 23.2 Å². The SMILES string of the molecule is O=C(Nc1cc(Cl)cnc1N1CCC(C(=O)N2CCC(O)CC2)CC1)c1cccc(Cl)c1. The molecule has 0 spiro atoms. The Hall–Kier alpha value is -2.35. The molecule has 0 radical (unpaired) electrons. The number of pyridine rings is 1. The van der Waals surface area contributed by atoms with Crippen LogP contribution >= 0.6 is 23.2 Å². The van der Waals surface area contributed by atoms with Gasteiger partial charge in [-0.15, -0.1) is 0 Å². The number of nitrogens with one attached hydrogen (secondary N) is 1. The first-order chi connectivity index (χ1) is 15.4. The van der Waals surface area contributed by atoms with Crippen molar-refractivity contribution in [2.24, 2.45) is 5.92 Å². The molecule has 2 amide bonds. The van der Waals surface area contributed by atoms with Crippen LogP contribution in [-0.2, 0) is 4.79 Å². The van der Waals surface area contributed by atoms with E-state index in [9.17, 15) is 14.7 Å². The molecule has 0 bridgehead atoms. The fourth-order valence-electron chi connectivity index (χ4n) is 4.28. The van der Waals surface area contributed by atoms with Crippen LogP contribution < -0.4 is 10.2 Å². The highest BCUT2D eigenvalue weighted by molar-refractivity contribution is 6.31. The van der Waals surface area contributed by atoms with Crippen LogP contribution in [-0.4, -0.2) is 59.1 Å². The van der Waals surface area contributed by atoms with Crippen molar-refractivity contribution in [3.63, 3.8) is 0 Å². The maximum atomic E-state index is 12.9. The summed E-state index contributed by atoms with van der Waals surface area (Å²) in [5.74, 6) is 0.486. The molecule has 2 saturated heterocycles. The van der Waals surface area contributed by atoms with Crippen molar-refractivity contribution < 1.29 is 14.7 Å². The van der Waals surface area contributed by atoms with Gasteiger partial charge in [0.25, 0.3) is 5.91 Å². The van der Waals surface area contributed by atoms with Crippen LogP contribution in [0.4, 0.5) is 11.5 Å². The molecule has 9 heteroatoms. The summed E-state index contributed by atoms with van der Waals surface area (Å²) in [6.45, 7) is 2.56. The highest BCUT2D eigenvalue weighted by Gasteiger charge is 2.31. The molecule has 2 aliphatic rings. The van der Waals surface area contributed by atoms with Crippen LogP contribution in [0.2, 0.25) is 10.0 Å². The summed E-state index contributed by atoms with van der Waals surface area (Å²) in [5.41, 5.74) is 0.969. The molecule has 0 unspecified atom stereocenters. The van der Waals surface area contributed by atoms with Gasteiger partial charge in [-0.1, -0.05) is 29.3 Å². The number of aliphatic hydroxyl groups excluding tert-OH is 1. The Labute approximate surface area is 197 Å². The van der Waals surface area contributed by atoms with Crippen LogP contribution in [0.3, 0.4) is 0 Å². The number of nitrogens with zero attached hydrogens (tertiary/aromatic N) is 3. The van der Waals surface area contributed by atoms with Gasteiger partial charge in [-0.25, -0.2) is 4.98 Å². The van der Waals surface area contributed by atoms with Crippen molar-refractivity contribution >= 4 is 46.5 Å². The molecular weight excluding hydrogens is 451 g/mol. The average molecular weight is 477 g/mol. The minimum atomic E-state index is -0.296. The maximum Gasteiger partial charge on any atom is 0.255 e. The summed E-state index contributed by atoms with van der Waals surface area (Å²) in [6.07, 6.45) is 3.98. The Morgan fingerprint density at radius 2 is 1.72 bits per heavy atom. The van der Waals surface area contributed by atoms with Gasteiger partial charge in [0.05, 0.1) is 16.8 Å². The number of carbonyl (C=O) groups is 2. The largest absolute Gasteiger partial charge is 0.393 e. The number of anilines is 2. The molecule has 2 fully saturated rings. The Morgan fingerprint density at radius 1 is 1.00 bits per heavy atom. The van der Waals surface area contributed by atoms with Gasteiger partial charge in [0, 0.05) is 48.9 Å². The van der Waals surface area contributed by atoms with Crippen LogP contribution in [0.5, 0.6) is 0 Å². The summed E-state index contributed by atoms with van der Waals surface area (Å²) < 4.78 is 0. The monoisotopic (exact) mass is 476 g/mol. The lowest BCUT2D eigenvalue weighted by atomic mass is 9.94. The quantitative estimate of drug-likeness (QED) is 0.699. The van der Waals surface area contributed by atoms with Gasteiger partial charge >= 0.3 is 0 Å². The molecule has 1 aromatic heterocycles. The van der Waals surface area contributed by atoms with E-state index in [0.29, 0.717) is 79.0 Å². The van der Waals surface area contributed by atoms with Gasteiger partial charge in [0.1, 0.15) is 0 Å². The number of benzene rings is 1. The van der Waals surface area contributed by atoms with Gasteiger partial charge in [0.15, 0.2) is 5.82 Å². The first-order valence-electron chi connectivity index (χ1n) is 10.8. The third-order valence-corrected chi connectivity index (χ3v) is 6.53. The number of aliphatic hydroxyl groups is 1. The van der Waals surface area contributed by atoms with E-state index >= 15 is 0 Å². The summed E-state index contributed by atoms with van der Waals surface area (Å²) in [5, 5.41) is 13.5. The molecule has 0 aliphatic carbocycles. The molecule has 170 valence electrons. The fourth-order valence-corrected chi connectivity index (χ4v) is 4.63. The highest BCUT2D eigenvalue weighted by atomic mass is 35.5. The van der Waals surface area contributed by atoms with E-state index in [2.05, 4.69) is 15.2 Å². The number of amides is 2. The lowest BCUT2D eigenvalue weighted by molar-refractivity contribution is -0.138. The summed E-state index contributed by atoms with van der Waals surface area (Å²) in [6, 6.07) is 8.41. The number of carbonyl (C=O) groups excluding carboxylic acids is 2. The molecule has 0 saturated carbocycles. The Balaban J connectivity index is 1.42. The topological polar surface area (TPSA) is 85.8 Å². The van der Waals surface area contributed by atoms with Crippen molar-refractivity contribution in [3.8, 4) is 0 Å². The second-order valence-corrected chi connectivity index (χ2v) is 9.18. The zero-order valence-electron chi connectivity index (χ0n) is 17.6. The summed E-state index contributed by atoms with van der Waals surface area (Å²) in [4.78, 5) is 34.0. The number of aromatic nitrogens is 1. The third kappa shape index (κ3) is 5.34. The Morgan fingerprint density at radius 3 is 2.41 bits per heavy atom. The van der Waals surface area contributed by atoms with Gasteiger partial charge < -0.3 is 20.2 Å². The van der Waals surface area contributed by atoms with E-state index in [0.717, 1.165) is 0 Å². The maximum absolute atomic E-state index is 12.9. The lowest BCUT2D eigenvalue weighted by Gasteiger charge is -2.37. The zero-order chi connectivity index (χ0) is 22.7. The molecular formula is C23H26Cl2N4O3. The van der Waals surface area contributed by atoms with E-state index in [1.807, 2.05) is 4.90 Å². The second kappa shape index (κ2) is 10.1. The normalized spacial score (nSPS) is 18.0. The second-order valence-electron chi connectivity index (χ2n) is 8.31. The standard InChI is InChI=1S/C23H26Cl2N4O3/c24-17-3-1-2-16(12-17)22(31)27-20-13-18(25)14-26-21(20)28-8-4-15(5-9-28)23(32)29-10-6-19(30)7-11-29/h1-3,12-15,19,30H,4-11H2,(H,27,31). The van der Waals surface area contributed by atoms with Gasteiger partial charge in [-0.3, -0.25) is 9.59 Å². The molecule has 3 heterocycles. The molecule has 1 aromatic carbocycles. The molecule has 2 N–H and O–H groups in total. The summed E-state index contributed by atoms with van der Waals surface area (Å²) in [7, 11) is 0. The van der Waals surface area contributed by atoms with E-state index in [-0.39, 0.29) is 23.8 Å². The minimum absolute atomic E-state index is 0.0294. The molecule has 2 aliphatic heterocycles. The van der Waals surface area contributed by atoms with Crippen molar-refractivity contribution in [3.05, 3.63) is 52.1 Å². The number of piperidine rings is 2. The average Bonchev–Trinajstić information content (AvgIpc) is 2.79. The van der Waals surface area contributed by atoms with Crippen LogP contribution in [0.1, 0.15) is 36.0 Å². The molecule has 7 nitrogen and oxygen atoms in total. The first kappa shape index (κ1) is 22.8. The summed E-state index contributed by atoms with van der Waals surface area (Å²) >= 11 is 12.2. The van der Waals surface area contributed by atoms with Crippen molar-refractivity contribution in [1.82, 2.24) is 9.88 Å². The van der Waals surface area contributed by atoms with E-state index < -0.39 is 0 Å². The van der Waals surface area contributed by atoms with Crippen molar-refractivity contribution in [2.75, 3.05) is 36.4 Å². The minimum Gasteiger partial charge on any atom is -0.393 e. The third-order valence-electron chi connectivity index (χ3n) is 6.09. The number of likely N-dealkylation sites (tertiary alicyclic amines) is 1. The molecule has 0 atom stereocenters. The van der Waals surface area contributed by atoms with Crippen LogP contribution in [0, 0.1) is 5.92 Å². The molecule has 2 aromatic rings. The van der Waals surface area contributed by atoms with Crippen LogP contribution in [0.25, 0.3) is 0 Å². The van der Waals surface area contributed by atoms with E-state index in [1.165, 1.54) is 0 Å². The highest BCUT2D eigenvalue weighted by Crippen LogP contribution is 2.31. The Kier molecular flexibility index (Phi) is 7.18.